The van der Waals surface area contributed by atoms with Crippen LogP contribution in [0.1, 0.15) is 36.0 Å². The summed E-state index contributed by atoms with van der Waals surface area (Å²) in [5, 5.41) is 13.1. The van der Waals surface area contributed by atoms with Gasteiger partial charge in [0, 0.05) is 31.1 Å². The summed E-state index contributed by atoms with van der Waals surface area (Å²) in [5.41, 5.74) is 2.71. The summed E-state index contributed by atoms with van der Waals surface area (Å²) in [4.78, 5) is 14.8. The lowest BCUT2D eigenvalue weighted by molar-refractivity contribution is -0.137. The van der Waals surface area contributed by atoms with Crippen molar-refractivity contribution in [1.29, 1.82) is 0 Å². The third-order valence-electron chi connectivity index (χ3n) is 6.20. The number of piperidine rings is 1. The van der Waals surface area contributed by atoms with Crippen LogP contribution in [0.3, 0.4) is 0 Å². The highest BCUT2D eigenvalue weighted by Gasteiger charge is 2.32. The largest absolute Gasteiger partial charge is 0.416 e. The number of hydrogen-bond acceptors (Lipinski definition) is 3. The zero-order chi connectivity index (χ0) is 22.2. The highest BCUT2D eigenvalue weighted by molar-refractivity contribution is 6.33. The molecule has 2 aromatic carbocycles. The molecular weight excluding hydrogens is 429 g/mol. The Hall–Kier alpha value is -2.25. The van der Waals surface area contributed by atoms with Gasteiger partial charge in [-0.25, -0.2) is 0 Å². The average molecular weight is 453 g/mol. The molecule has 1 amide bonds. The molecule has 31 heavy (non-hydrogen) atoms. The quantitative estimate of drug-likeness (QED) is 0.684. The van der Waals surface area contributed by atoms with Crippen molar-refractivity contribution < 1.29 is 23.1 Å². The number of aryl methyl sites for hydroxylation is 1. The Balaban J connectivity index is 1.39. The molecule has 0 bridgehead atoms. The number of hydrogen-bond donors (Lipinski definition) is 2. The van der Waals surface area contributed by atoms with Gasteiger partial charge in [-0.05, 0) is 61.1 Å². The molecule has 2 N–H and O–H groups in total. The second-order valence-corrected chi connectivity index (χ2v) is 8.66. The molecule has 1 aliphatic heterocycles. The first-order valence-electron chi connectivity index (χ1n) is 10.4. The number of carbonyl (C=O) groups is 1. The maximum absolute atomic E-state index is 12.9. The first-order chi connectivity index (χ1) is 14.7. The number of nitrogens with one attached hydrogen (secondary N) is 1. The average Bonchev–Trinajstić information content (AvgIpc) is 2.73. The first kappa shape index (κ1) is 22.0. The van der Waals surface area contributed by atoms with Gasteiger partial charge >= 0.3 is 6.18 Å². The molecule has 0 spiro atoms. The summed E-state index contributed by atoms with van der Waals surface area (Å²) in [6.07, 6.45) is -1.58. The number of nitrogens with zero attached hydrogens (tertiary/aromatic N) is 1. The fourth-order valence-electron chi connectivity index (χ4n) is 4.44. The molecule has 2 aromatic rings. The lowest BCUT2D eigenvalue weighted by atomic mass is 9.88. The van der Waals surface area contributed by atoms with Gasteiger partial charge in [-0.3, -0.25) is 4.79 Å². The summed E-state index contributed by atoms with van der Waals surface area (Å²) >= 11 is 6.11. The molecule has 1 heterocycles. The zero-order valence-corrected chi connectivity index (χ0v) is 17.6. The Morgan fingerprint density at radius 3 is 2.55 bits per heavy atom. The van der Waals surface area contributed by atoms with Crippen molar-refractivity contribution in [2.24, 2.45) is 5.92 Å². The van der Waals surface area contributed by atoms with Gasteiger partial charge in [-0.15, -0.1) is 0 Å². The van der Waals surface area contributed by atoms with Crippen molar-refractivity contribution in [2.75, 3.05) is 23.3 Å². The van der Waals surface area contributed by atoms with Gasteiger partial charge in [0.1, 0.15) is 0 Å². The van der Waals surface area contributed by atoms with E-state index in [0.29, 0.717) is 38.0 Å². The zero-order valence-electron chi connectivity index (χ0n) is 16.9. The number of anilines is 2. The number of aliphatic hydroxyl groups excluding tert-OH is 1. The van der Waals surface area contributed by atoms with Gasteiger partial charge in [0.25, 0.3) is 0 Å². The SMILES string of the molecule is O=C(Nc1cccc2c1C[C@@H](O)CC2)C1CCN(c2ccc(C(F)(F)F)cc2Cl)CC1. The van der Waals surface area contributed by atoms with Crippen LogP contribution in [0.4, 0.5) is 24.5 Å². The van der Waals surface area contributed by atoms with E-state index >= 15 is 0 Å². The van der Waals surface area contributed by atoms with Crippen molar-refractivity contribution in [3.8, 4) is 0 Å². The molecular formula is C23H24ClF3N2O2. The minimum absolute atomic E-state index is 0.0622. The third-order valence-corrected chi connectivity index (χ3v) is 6.50. The third kappa shape index (κ3) is 4.83. The minimum atomic E-state index is -4.43. The molecule has 1 aliphatic carbocycles. The van der Waals surface area contributed by atoms with Gasteiger partial charge in [0.05, 0.1) is 22.4 Å². The number of alkyl halides is 3. The molecule has 0 aromatic heterocycles. The van der Waals surface area contributed by atoms with E-state index in [1.165, 1.54) is 6.07 Å². The lowest BCUT2D eigenvalue weighted by Crippen LogP contribution is -2.38. The van der Waals surface area contributed by atoms with Crippen LogP contribution in [-0.2, 0) is 23.8 Å². The van der Waals surface area contributed by atoms with E-state index in [1.54, 1.807) is 0 Å². The Bertz CT molecular complexity index is 972. The van der Waals surface area contributed by atoms with Crippen molar-refractivity contribution in [3.05, 3.63) is 58.1 Å². The van der Waals surface area contributed by atoms with Gasteiger partial charge in [-0.1, -0.05) is 23.7 Å². The van der Waals surface area contributed by atoms with Crippen LogP contribution in [0.15, 0.2) is 36.4 Å². The van der Waals surface area contributed by atoms with Crippen LogP contribution in [0.5, 0.6) is 0 Å². The normalized spacial score (nSPS) is 19.8. The van der Waals surface area contributed by atoms with E-state index in [2.05, 4.69) is 5.32 Å². The Morgan fingerprint density at radius 2 is 1.87 bits per heavy atom. The second kappa shape index (κ2) is 8.71. The summed E-state index contributed by atoms with van der Waals surface area (Å²) in [5.74, 6) is -0.250. The smallest absolute Gasteiger partial charge is 0.393 e. The van der Waals surface area contributed by atoms with Crippen LogP contribution in [0.2, 0.25) is 5.02 Å². The number of carbonyl (C=O) groups excluding carboxylic acids is 1. The fourth-order valence-corrected chi connectivity index (χ4v) is 4.74. The summed E-state index contributed by atoms with van der Waals surface area (Å²) < 4.78 is 38.6. The second-order valence-electron chi connectivity index (χ2n) is 8.25. The molecule has 1 saturated heterocycles. The number of amides is 1. The number of halogens is 4. The topological polar surface area (TPSA) is 52.6 Å². The fraction of sp³-hybridized carbons (Fsp3) is 0.435. The number of rotatable bonds is 3. The van der Waals surface area contributed by atoms with E-state index in [1.807, 2.05) is 23.1 Å². The monoisotopic (exact) mass is 452 g/mol. The van der Waals surface area contributed by atoms with Crippen molar-refractivity contribution >= 4 is 28.9 Å². The minimum Gasteiger partial charge on any atom is -0.393 e. The van der Waals surface area contributed by atoms with Crippen LogP contribution >= 0.6 is 11.6 Å². The van der Waals surface area contributed by atoms with Crippen LogP contribution < -0.4 is 10.2 Å². The van der Waals surface area contributed by atoms with Crippen molar-refractivity contribution in [3.63, 3.8) is 0 Å². The highest BCUT2D eigenvalue weighted by atomic mass is 35.5. The van der Waals surface area contributed by atoms with Crippen molar-refractivity contribution in [2.45, 2.75) is 44.4 Å². The molecule has 0 saturated carbocycles. The van der Waals surface area contributed by atoms with E-state index in [-0.39, 0.29) is 23.0 Å². The molecule has 166 valence electrons. The Labute approximate surface area is 184 Å². The van der Waals surface area contributed by atoms with E-state index in [9.17, 15) is 23.1 Å². The molecule has 1 fully saturated rings. The summed E-state index contributed by atoms with van der Waals surface area (Å²) in [7, 11) is 0. The Kier molecular flexibility index (Phi) is 6.17. The van der Waals surface area contributed by atoms with Crippen molar-refractivity contribution in [1.82, 2.24) is 0 Å². The van der Waals surface area contributed by atoms with Gasteiger partial charge in [0.15, 0.2) is 0 Å². The molecule has 2 aliphatic rings. The van der Waals surface area contributed by atoms with E-state index in [0.717, 1.165) is 41.8 Å². The first-order valence-corrected chi connectivity index (χ1v) is 10.8. The summed E-state index contributed by atoms with van der Waals surface area (Å²) in [6.45, 7) is 1.07. The molecule has 1 atom stereocenters. The standard InChI is InChI=1S/C23H24ClF3N2O2/c24-19-12-16(23(25,26)27)5-7-21(19)29-10-8-15(9-11-29)22(31)28-20-3-1-2-14-4-6-17(30)13-18(14)20/h1-3,5,7,12,15,17,30H,4,6,8-11,13H2,(H,28,31)/t17-/m0/s1. The molecule has 0 unspecified atom stereocenters. The van der Waals surface area contributed by atoms with E-state index in [4.69, 9.17) is 11.6 Å². The van der Waals surface area contributed by atoms with Crippen LogP contribution in [0.25, 0.3) is 0 Å². The number of fused-ring (bicyclic) bond motifs is 1. The van der Waals surface area contributed by atoms with Gasteiger partial charge in [0.2, 0.25) is 5.91 Å². The number of benzene rings is 2. The highest BCUT2D eigenvalue weighted by Crippen LogP contribution is 2.36. The number of aliphatic hydroxyl groups is 1. The predicted octanol–water partition coefficient (Wildman–Crippen LogP) is 5.06. The van der Waals surface area contributed by atoms with Crippen LogP contribution in [-0.4, -0.2) is 30.2 Å². The predicted molar refractivity (Wildman–Crippen MR) is 114 cm³/mol. The van der Waals surface area contributed by atoms with E-state index < -0.39 is 11.7 Å². The molecule has 0 radical (unpaired) electrons. The summed E-state index contributed by atoms with van der Waals surface area (Å²) in [6, 6.07) is 9.19. The Morgan fingerprint density at radius 1 is 1.13 bits per heavy atom. The van der Waals surface area contributed by atoms with Gasteiger partial charge in [-0.2, -0.15) is 13.2 Å². The molecule has 4 nitrogen and oxygen atoms in total. The molecule has 8 heteroatoms. The molecule has 4 rings (SSSR count). The maximum atomic E-state index is 12.9. The maximum Gasteiger partial charge on any atom is 0.416 e. The van der Waals surface area contributed by atoms with Gasteiger partial charge < -0.3 is 15.3 Å². The lowest BCUT2D eigenvalue weighted by Gasteiger charge is -2.34. The van der Waals surface area contributed by atoms with Crippen LogP contribution in [0, 0.1) is 5.92 Å².